The van der Waals surface area contributed by atoms with Gasteiger partial charge in [-0.3, -0.25) is 9.69 Å². The number of carbonyl (C=O) groups is 1. The van der Waals surface area contributed by atoms with Crippen molar-refractivity contribution in [2.24, 2.45) is 11.5 Å². The minimum atomic E-state index is -0.250. The average molecular weight is 233 g/mol. The first-order valence-electron chi connectivity index (χ1n) is 6.02. The monoisotopic (exact) mass is 233 g/mol. The third kappa shape index (κ3) is 2.65. The highest BCUT2D eigenvalue weighted by Crippen LogP contribution is 2.28. The average Bonchev–Trinajstić information content (AvgIpc) is 2.35. The van der Waals surface area contributed by atoms with Gasteiger partial charge < -0.3 is 11.5 Å². The lowest BCUT2D eigenvalue weighted by Gasteiger charge is -2.36. The zero-order valence-electron chi connectivity index (χ0n) is 9.93. The Morgan fingerprint density at radius 3 is 2.88 bits per heavy atom. The van der Waals surface area contributed by atoms with E-state index in [1.54, 1.807) is 0 Å². The summed E-state index contributed by atoms with van der Waals surface area (Å²) in [5.74, 6) is -0.250. The number of hydrogen-bond donors (Lipinski definition) is 2. The van der Waals surface area contributed by atoms with Crippen molar-refractivity contribution >= 4 is 5.91 Å². The number of nitrogens with two attached hydrogens (primary N) is 2. The lowest BCUT2D eigenvalue weighted by Crippen LogP contribution is -2.40. The molecule has 92 valence electrons. The Labute approximate surface area is 102 Å². The third-order valence-electron chi connectivity index (χ3n) is 3.39. The summed E-state index contributed by atoms with van der Waals surface area (Å²) in [6.07, 6.45) is 1.42. The second kappa shape index (κ2) is 5.29. The number of rotatable bonds is 4. The first kappa shape index (κ1) is 12.1. The van der Waals surface area contributed by atoms with Crippen molar-refractivity contribution in [1.29, 1.82) is 0 Å². The van der Waals surface area contributed by atoms with E-state index >= 15 is 0 Å². The fourth-order valence-electron chi connectivity index (χ4n) is 2.50. The van der Waals surface area contributed by atoms with E-state index in [0.29, 0.717) is 19.5 Å². The number of primary amides is 1. The summed E-state index contributed by atoms with van der Waals surface area (Å²) >= 11 is 0. The molecule has 4 heteroatoms. The maximum atomic E-state index is 10.8. The van der Waals surface area contributed by atoms with Gasteiger partial charge in [-0.1, -0.05) is 24.3 Å². The number of nitrogens with zero attached hydrogens (tertiary/aromatic N) is 1. The van der Waals surface area contributed by atoms with Crippen LogP contribution in [0.5, 0.6) is 0 Å². The molecule has 0 aliphatic carbocycles. The SMILES string of the molecule is NCC1c2ccccc2CCN1CCC(N)=O. The molecule has 4 N–H and O–H groups in total. The molecule has 1 unspecified atom stereocenters. The van der Waals surface area contributed by atoms with Gasteiger partial charge in [0.1, 0.15) is 0 Å². The van der Waals surface area contributed by atoms with Gasteiger partial charge in [0, 0.05) is 32.1 Å². The summed E-state index contributed by atoms with van der Waals surface area (Å²) in [6.45, 7) is 2.23. The minimum absolute atomic E-state index is 0.222. The third-order valence-corrected chi connectivity index (χ3v) is 3.39. The van der Waals surface area contributed by atoms with Crippen LogP contribution >= 0.6 is 0 Å². The molecule has 0 radical (unpaired) electrons. The summed E-state index contributed by atoms with van der Waals surface area (Å²) in [6, 6.07) is 8.61. The Morgan fingerprint density at radius 2 is 2.18 bits per heavy atom. The van der Waals surface area contributed by atoms with Crippen LogP contribution in [-0.2, 0) is 11.2 Å². The van der Waals surface area contributed by atoms with Gasteiger partial charge in [-0.2, -0.15) is 0 Å². The molecule has 0 aromatic heterocycles. The normalized spacial score (nSPS) is 19.9. The van der Waals surface area contributed by atoms with Crippen molar-refractivity contribution < 1.29 is 4.79 Å². The molecule has 0 spiro atoms. The number of carbonyl (C=O) groups excluding carboxylic acids is 1. The van der Waals surface area contributed by atoms with Gasteiger partial charge in [-0.25, -0.2) is 0 Å². The van der Waals surface area contributed by atoms with E-state index in [1.807, 2.05) is 6.07 Å². The van der Waals surface area contributed by atoms with Crippen molar-refractivity contribution in [3.63, 3.8) is 0 Å². The molecule has 0 bridgehead atoms. The van der Waals surface area contributed by atoms with Crippen molar-refractivity contribution in [1.82, 2.24) is 4.90 Å². The molecule has 1 atom stereocenters. The second-order valence-corrected chi connectivity index (χ2v) is 4.45. The molecule has 17 heavy (non-hydrogen) atoms. The van der Waals surface area contributed by atoms with Gasteiger partial charge in [0.2, 0.25) is 5.91 Å². The highest BCUT2D eigenvalue weighted by molar-refractivity contribution is 5.73. The largest absolute Gasteiger partial charge is 0.370 e. The van der Waals surface area contributed by atoms with Crippen LogP contribution in [0.3, 0.4) is 0 Å². The van der Waals surface area contributed by atoms with Gasteiger partial charge in [0.25, 0.3) is 0 Å². The standard InChI is InChI=1S/C13H19N3O/c14-9-12-11-4-2-1-3-10(11)5-7-16(12)8-6-13(15)17/h1-4,12H,5-9,14H2,(H2,15,17). The Morgan fingerprint density at radius 1 is 1.41 bits per heavy atom. The molecule has 0 saturated carbocycles. The summed E-state index contributed by atoms with van der Waals surface area (Å²) in [7, 11) is 0. The Bertz CT molecular complexity index is 405. The molecule has 0 saturated heterocycles. The van der Waals surface area contributed by atoms with Crippen LogP contribution in [-0.4, -0.2) is 30.4 Å². The molecule has 1 aliphatic heterocycles. The van der Waals surface area contributed by atoms with Gasteiger partial charge in [0.15, 0.2) is 0 Å². The quantitative estimate of drug-likeness (QED) is 0.791. The van der Waals surface area contributed by atoms with Crippen LogP contribution in [0, 0.1) is 0 Å². The highest BCUT2D eigenvalue weighted by atomic mass is 16.1. The number of hydrogen-bond acceptors (Lipinski definition) is 3. The van der Waals surface area contributed by atoms with Crippen molar-refractivity contribution in [2.75, 3.05) is 19.6 Å². The number of benzene rings is 1. The fourth-order valence-corrected chi connectivity index (χ4v) is 2.50. The zero-order chi connectivity index (χ0) is 12.3. The molecule has 1 amide bonds. The predicted molar refractivity (Wildman–Crippen MR) is 67.3 cm³/mol. The smallest absolute Gasteiger partial charge is 0.218 e. The Kier molecular flexibility index (Phi) is 3.76. The molecule has 1 aromatic carbocycles. The maximum absolute atomic E-state index is 10.8. The molecule has 4 nitrogen and oxygen atoms in total. The van der Waals surface area contributed by atoms with E-state index in [-0.39, 0.29) is 11.9 Å². The molecular weight excluding hydrogens is 214 g/mol. The Balaban J connectivity index is 2.14. The van der Waals surface area contributed by atoms with Crippen LogP contribution in [0.25, 0.3) is 0 Å². The van der Waals surface area contributed by atoms with Crippen LogP contribution in [0.15, 0.2) is 24.3 Å². The van der Waals surface area contributed by atoms with Gasteiger partial charge in [-0.15, -0.1) is 0 Å². The van der Waals surface area contributed by atoms with Crippen LogP contribution < -0.4 is 11.5 Å². The van der Waals surface area contributed by atoms with Gasteiger partial charge >= 0.3 is 0 Å². The van der Waals surface area contributed by atoms with Crippen molar-refractivity contribution in [3.05, 3.63) is 35.4 Å². The van der Waals surface area contributed by atoms with Crippen molar-refractivity contribution in [2.45, 2.75) is 18.9 Å². The number of fused-ring (bicyclic) bond motifs is 1. The Hall–Kier alpha value is -1.39. The predicted octanol–water partition coefficient (Wildman–Crippen LogP) is 0.420. The zero-order valence-corrected chi connectivity index (χ0v) is 9.93. The maximum Gasteiger partial charge on any atom is 0.218 e. The summed E-state index contributed by atoms with van der Waals surface area (Å²) in [5, 5.41) is 0. The summed E-state index contributed by atoms with van der Waals surface area (Å²) < 4.78 is 0. The first-order valence-corrected chi connectivity index (χ1v) is 6.02. The molecule has 1 aromatic rings. The van der Waals surface area contributed by atoms with Crippen LogP contribution in [0.1, 0.15) is 23.6 Å². The van der Waals surface area contributed by atoms with E-state index < -0.39 is 0 Å². The van der Waals surface area contributed by atoms with E-state index in [4.69, 9.17) is 11.5 Å². The van der Waals surface area contributed by atoms with Crippen molar-refractivity contribution in [3.8, 4) is 0 Å². The summed E-state index contributed by atoms with van der Waals surface area (Å²) in [5.41, 5.74) is 13.7. The van der Waals surface area contributed by atoms with E-state index in [9.17, 15) is 4.79 Å². The molecule has 2 rings (SSSR count). The first-order chi connectivity index (χ1) is 8.22. The second-order valence-electron chi connectivity index (χ2n) is 4.45. The van der Waals surface area contributed by atoms with Crippen LogP contribution in [0.2, 0.25) is 0 Å². The van der Waals surface area contributed by atoms with Gasteiger partial charge in [-0.05, 0) is 17.5 Å². The van der Waals surface area contributed by atoms with E-state index in [1.165, 1.54) is 11.1 Å². The van der Waals surface area contributed by atoms with Crippen LogP contribution in [0.4, 0.5) is 0 Å². The summed E-state index contributed by atoms with van der Waals surface area (Å²) in [4.78, 5) is 13.1. The minimum Gasteiger partial charge on any atom is -0.370 e. The molecule has 1 aliphatic rings. The lowest BCUT2D eigenvalue weighted by atomic mass is 9.92. The molecular formula is C13H19N3O. The number of amides is 1. The fraction of sp³-hybridized carbons (Fsp3) is 0.462. The topological polar surface area (TPSA) is 72.3 Å². The van der Waals surface area contributed by atoms with E-state index in [0.717, 1.165) is 13.0 Å². The lowest BCUT2D eigenvalue weighted by molar-refractivity contribution is -0.118. The van der Waals surface area contributed by atoms with Gasteiger partial charge in [0.05, 0.1) is 0 Å². The molecule has 1 heterocycles. The highest BCUT2D eigenvalue weighted by Gasteiger charge is 2.25. The van der Waals surface area contributed by atoms with E-state index in [2.05, 4.69) is 23.1 Å². The molecule has 0 fully saturated rings.